The summed E-state index contributed by atoms with van der Waals surface area (Å²) in [5.74, 6) is 0.0351. The lowest BCUT2D eigenvalue weighted by atomic mass is 9.96. The van der Waals surface area contributed by atoms with Crippen molar-refractivity contribution in [1.29, 1.82) is 0 Å². The van der Waals surface area contributed by atoms with Gasteiger partial charge in [0.25, 0.3) is 0 Å². The quantitative estimate of drug-likeness (QED) is 0.600. The third kappa shape index (κ3) is 3.82. The number of ketones is 1. The summed E-state index contributed by atoms with van der Waals surface area (Å²) in [6.45, 7) is 3.52. The highest BCUT2D eigenvalue weighted by molar-refractivity contribution is 6.41. The van der Waals surface area contributed by atoms with Crippen molar-refractivity contribution in [2.24, 2.45) is 10.2 Å². The average molecular weight is 342 g/mol. The number of hydrogen-bond donors (Lipinski definition) is 0. The van der Waals surface area contributed by atoms with Gasteiger partial charge in [0.15, 0.2) is 5.78 Å². The predicted octanol–water partition coefficient (Wildman–Crippen LogP) is 6.09. The van der Waals surface area contributed by atoms with Crippen LogP contribution in [0.5, 0.6) is 0 Å². The minimum Gasteiger partial charge on any atom is -0.289 e. The van der Waals surface area contributed by atoms with Gasteiger partial charge < -0.3 is 0 Å². The number of azo groups is 1. The average Bonchev–Trinajstić information content (AvgIpc) is 2.38. The maximum Gasteiger partial charge on any atom is 0.184 e. The molecule has 1 aromatic carbocycles. The SMILES string of the molecule is CC1=CC(=CN=Nc2c(Cl)cc(Cl)cc2Cl)C=C(C)C1=O. The largest absolute Gasteiger partial charge is 0.289 e. The first-order valence-corrected chi connectivity index (χ1v) is 7.18. The van der Waals surface area contributed by atoms with Crippen LogP contribution in [-0.2, 0) is 4.79 Å². The van der Waals surface area contributed by atoms with E-state index < -0.39 is 0 Å². The van der Waals surface area contributed by atoms with Crippen LogP contribution in [0.2, 0.25) is 15.1 Å². The fourth-order valence-electron chi connectivity index (χ4n) is 1.84. The lowest BCUT2D eigenvalue weighted by Crippen LogP contribution is -2.05. The zero-order valence-electron chi connectivity index (χ0n) is 11.3. The normalized spacial score (nSPS) is 15.3. The van der Waals surface area contributed by atoms with Crippen molar-refractivity contribution in [3.63, 3.8) is 0 Å². The zero-order chi connectivity index (χ0) is 15.6. The lowest BCUT2D eigenvalue weighted by Gasteiger charge is -2.08. The summed E-state index contributed by atoms with van der Waals surface area (Å²) in [4.78, 5) is 11.6. The van der Waals surface area contributed by atoms with Gasteiger partial charge in [0.1, 0.15) is 5.69 Å². The maximum absolute atomic E-state index is 11.6. The number of rotatable bonds is 2. The van der Waals surface area contributed by atoms with E-state index >= 15 is 0 Å². The number of carbonyl (C=O) groups excluding carboxylic acids is 1. The Morgan fingerprint density at radius 3 is 2.05 bits per heavy atom. The van der Waals surface area contributed by atoms with Crippen LogP contribution in [-0.4, -0.2) is 5.78 Å². The van der Waals surface area contributed by atoms with E-state index in [-0.39, 0.29) is 5.78 Å². The highest BCUT2D eigenvalue weighted by atomic mass is 35.5. The maximum atomic E-state index is 11.6. The third-order valence-electron chi connectivity index (χ3n) is 2.83. The molecule has 0 radical (unpaired) electrons. The van der Waals surface area contributed by atoms with Crippen LogP contribution >= 0.6 is 34.8 Å². The van der Waals surface area contributed by atoms with Gasteiger partial charge in [-0.1, -0.05) is 34.8 Å². The van der Waals surface area contributed by atoms with E-state index in [0.717, 1.165) is 5.57 Å². The zero-order valence-corrected chi connectivity index (χ0v) is 13.6. The molecule has 0 amide bonds. The molecule has 21 heavy (non-hydrogen) atoms. The first-order chi connectivity index (χ1) is 9.88. The smallest absolute Gasteiger partial charge is 0.184 e. The van der Waals surface area contributed by atoms with Crippen molar-refractivity contribution in [3.05, 3.63) is 62.3 Å². The molecule has 0 unspecified atom stereocenters. The van der Waals surface area contributed by atoms with Crippen molar-refractivity contribution in [2.45, 2.75) is 13.8 Å². The van der Waals surface area contributed by atoms with Crippen LogP contribution < -0.4 is 0 Å². The Hall–Kier alpha value is -1.42. The van der Waals surface area contributed by atoms with Crippen LogP contribution in [0.3, 0.4) is 0 Å². The molecular formula is C15H11Cl3N2O. The molecule has 6 heteroatoms. The van der Waals surface area contributed by atoms with E-state index in [1.807, 2.05) is 0 Å². The summed E-state index contributed by atoms with van der Waals surface area (Å²) >= 11 is 17.8. The number of halogens is 3. The van der Waals surface area contributed by atoms with Gasteiger partial charge in [-0.15, -0.1) is 5.11 Å². The molecule has 1 aliphatic rings. The molecule has 0 aromatic heterocycles. The Balaban J connectivity index is 2.28. The molecule has 0 N–H and O–H groups in total. The minimum atomic E-state index is 0.0351. The fourth-order valence-corrected chi connectivity index (χ4v) is 2.73. The number of nitrogens with zero attached hydrogens (tertiary/aromatic N) is 2. The highest BCUT2D eigenvalue weighted by Crippen LogP contribution is 2.36. The second-order valence-electron chi connectivity index (χ2n) is 4.55. The van der Waals surface area contributed by atoms with Crippen LogP contribution in [0.15, 0.2) is 57.4 Å². The molecule has 1 aliphatic carbocycles. The fraction of sp³-hybridized carbons (Fsp3) is 0.133. The third-order valence-corrected chi connectivity index (χ3v) is 3.62. The van der Waals surface area contributed by atoms with Crippen LogP contribution in [0.4, 0.5) is 5.69 Å². The second kappa shape index (κ2) is 6.56. The van der Waals surface area contributed by atoms with E-state index in [1.54, 1.807) is 44.3 Å². The standard InChI is InChI=1S/C15H11Cl3N2O/c1-8-3-10(4-9(2)15(8)21)7-19-20-14-12(17)5-11(16)6-13(14)18/h3-7H,1-2H3. The molecular weight excluding hydrogens is 331 g/mol. The number of benzene rings is 1. The molecule has 3 nitrogen and oxygen atoms in total. The van der Waals surface area contributed by atoms with Gasteiger partial charge >= 0.3 is 0 Å². The highest BCUT2D eigenvalue weighted by Gasteiger charge is 2.12. The Kier molecular flexibility index (Phi) is 4.99. The molecule has 1 aromatic rings. The van der Waals surface area contributed by atoms with Gasteiger partial charge in [0.2, 0.25) is 0 Å². The minimum absolute atomic E-state index is 0.0351. The molecule has 0 saturated carbocycles. The summed E-state index contributed by atoms with van der Waals surface area (Å²) in [7, 11) is 0. The Labute approximate surface area is 137 Å². The Bertz CT molecular complexity index is 683. The van der Waals surface area contributed by atoms with Crippen molar-refractivity contribution in [2.75, 3.05) is 0 Å². The first kappa shape index (κ1) is 16.0. The number of carbonyl (C=O) groups is 1. The Morgan fingerprint density at radius 1 is 1.00 bits per heavy atom. The van der Waals surface area contributed by atoms with Gasteiger partial charge in [0, 0.05) is 5.02 Å². The monoisotopic (exact) mass is 340 g/mol. The Morgan fingerprint density at radius 2 is 1.52 bits per heavy atom. The lowest BCUT2D eigenvalue weighted by molar-refractivity contribution is -0.112. The molecule has 0 fully saturated rings. The first-order valence-electron chi connectivity index (χ1n) is 6.05. The summed E-state index contributed by atoms with van der Waals surface area (Å²) in [6, 6.07) is 3.09. The molecule has 0 heterocycles. The van der Waals surface area contributed by atoms with Crippen molar-refractivity contribution < 1.29 is 4.79 Å². The number of allylic oxidation sites excluding steroid dienone is 5. The number of hydrogen-bond acceptors (Lipinski definition) is 3. The van der Waals surface area contributed by atoms with E-state index in [4.69, 9.17) is 34.8 Å². The van der Waals surface area contributed by atoms with E-state index in [1.165, 1.54) is 0 Å². The van der Waals surface area contributed by atoms with Crippen LogP contribution in [0.25, 0.3) is 0 Å². The number of Topliss-reactive ketones (excluding diaryl/α,β-unsaturated/α-hetero) is 1. The van der Waals surface area contributed by atoms with Gasteiger partial charge in [-0.3, -0.25) is 4.79 Å². The second-order valence-corrected chi connectivity index (χ2v) is 5.80. The summed E-state index contributed by atoms with van der Waals surface area (Å²) in [5, 5.41) is 9.04. The van der Waals surface area contributed by atoms with Gasteiger partial charge in [-0.25, -0.2) is 0 Å². The van der Waals surface area contributed by atoms with Gasteiger partial charge in [-0.05, 0) is 54.9 Å². The topological polar surface area (TPSA) is 41.8 Å². The molecule has 0 saturated heterocycles. The van der Waals surface area contributed by atoms with Crippen LogP contribution in [0, 0.1) is 0 Å². The predicted molar refractivity (Wildman–Crippen MR) is 86.6 cm³/mol. The molecule has 0 bridgehead atoms. The molecule has 2 rings (SSSR count). The van der Waals surface area contributed by atoms with Crippen molar-refractivity contribution in [3.8, 4) is 0 Å². The summed E-state index contributed by atoms with van der Waals surface area (Å²) in [6.07, 6.45) is 5.04. The summed E-state index contributed by atoms with van der Waals surface area (Å²) < 4.78 is 0. The van der Waals surface area contributed by atoms with E-state index in [9.17, 15) is 4.79 Å². The summed E-state index contributed by atoms with van der Waals surface area (Å²) in [5.41, 5.74) is 2.47. The molecule has 0 spiro atoms. The van der Waals surface area contributed by atoms with Gasteiger partial charge in [0.05, 0.1) is 16.2 Å². The molecule has 0 atom stereocenters. The van der Waals surface area contributed by atoms with Crippen LogP contribution in [0.1, 0.15) is 13.8 Å². The van der Waals surface area contributed by atoms with E-state index in [0.29, 0.717) is 31.9 Å². The van der Waals surface area contributed by atoms with Gasteiger partial charge in [-0.2, -0.15) is 5.11 Å². The molecule has 108 valence electrons. The van der Waals surface area contributed by atoms with Crippen molar-refractivity contribution >= 4 is 46.3 Å². The van der Waals surface area contributed by atoms with E-state index in [2.05, 4.69) is 10.2 Å². The van der Waals surface area contributed by atoms with Crippen molar-refractivity contribution in [1.82, 2.24) is 0 Å². The molecule has 0 aliphatic heterocycles.